The van der Waals surface area contributed by atoms with E-state index in [9.17, 15) is 44.4 Å². The Morgan fingerprint density at radius 2 is 0.794 bits per heavy atom. The number of hydrogen-bond acceptors (Lipinski definition) is 17. The highest BCUT2D eigenvalue weighted by molar-refractivity contribution is 14.1. The number of allylic oxidation sites excluding steroid dienone is 7. The number of nitrogens with zero attached hydrogens (tertiary/aromatic N) is 1. The number of alkyl halides is 8. The maximum absolute atomic E-state index is 11.4. The highest BCUT2D eigenvalue weighted by Crippen LogP contribution is 2.60. The third-order valence-electron chi connectivity index (χ3n) is 33.3. The first-order valence-electron chi connectivity index (χ1n) is 47.8. The highest BCUT2D eigenvalue weighted by Gasteiger charge is 2.60. The molecule has 3 aliphatic heterocycles. The number of carbonyl (C=O) groups excluding carboxylic acids is 5. The van der Waals surface area contributed by atoms with Crippen molar-refractivity contribution in [3.63, 3.8) is 0 Å². The average Bonchev–Trinajstić information content (AvgIpc) is 1.56. The molecule has 12 aliphatic rings. The molecule has 3 heterocycles. The molecule has 9 aliphatic carbocycles. The number of rotatable bonds is 10. The maximum Gasteiger partial charge on any atom is 0.306 e. The summed E-state index contributed by atoms with van der Waals surface area (Å²) in [5, 5.41) is 50.6. The van der Waals surface area contributed by atoms with Crippen LogP contribution in [0.2, 0.25) is 0 Å². The number of ether oxygens (including phenoxy) is 7. The van der Waals surface area contributed by atoms with Crippen molar-refractivity contribution < 1.29 is 77.6 Å². The molecule has 0 spiro atoms. The lowest BCUT2D eigenvalue weighted by molar-refractivity contribution is -0.155. The largest absolute Gasteiger partial charge is 0.492 e. The van der Waals surface area contributed by atoms with Crippen LogP contribution >= 0.6 is 139 Å². The molecule has 0 aromatic heterocycles. The Balaban J connectivity index is 0.000000380. The molecule has 25 heteroatoms. The Morgan fingerprint density at radius 1 is 0.450 bits per heavy atom. The lowest BCUT2D eigenvalue weighted by Gasteiger charge is -2.50. The minimum atomic E-state index is -0.815. The fraction of sp³-hybridized carbons (Fsp3) is 0.849. The molecule has 6 saturated carbocycles. The van der Waals surface area contributed by atoms with Crippen LogP contribution < -0.4 is 0 Å². The van der Waals surface area contributed by atoms with E-state index in [1.165, 1.54) is 70.9 Å². The molecule has 9 fully saturated rings. The first-order valence-corrected chi connectivity index (χ1v) is 55.2. The van der Waals surface area contributed by atoms with E-state index in [2.05, 4.69) is 299 Å². The average molecular weight is 2410 g/mol. The number of esters is 5. The van der Waals surface area contributed by atoms with Gasteiger partial charge in [0.2, 0.25) is 0 Å². The van der Waals surface area contributed by atoms with Crippen molar-refractivity contribution in [2.24, 2.45) is 90.2 Å². The minimum absolute atomic E-state index is 0. The summed E-state index contributed by atoms with van der Waals surface area (Å²) < 4.78 is 39.4. The summed E-state index contributed by atoms with van der Waals surface area (Å²) in [7, 11) is 0. The zero-order chi connectivity index (χ0) is 100. The topological polar surface area (TPSA) is 255 Å². The van der Waals surface area contributed by atoms with Crippen molar-refractivity contribution in [2.75, 3.05) is 26.4 Å². The van der Waals surface area contributed by atoms with E-state index < -0.39 is 22.4 Å². The van der Waals surface area contributed by atoms with Gasteiger partial charge >= 0.3 is 29.8 Å². The lowest BCUT2D eigenvalue weighted by atomic mass is 9.61. The third-order valence-corrected chi connectivity index (χ3v) is 46.4. The zero-order valence-corrected chi connectivity index (χ0v) is 98.5. The normalized spacial score (nSPS) is 37.9. The first-order chi connectivity index (χ1) is 58.9. The van der Waals surface area contributed by atoms with E-state index in [0.717, 1.165) is 101 Å². The predicted octanol–water partition coefficient (Wildman–Crippen LogP) is 28.6. The van der Waals surface area contributed by atoms with Gasteiger partial charge in [0.15, 0.2) is 0 Å². The summed E-state index contributed by atoms with van der Waals surface area (Å²) in [5.74, 6) is 2.05. The lowest BCUT2D eigenvalue weighted by Crippen LogP contribution is -2.54. The van der Waals surface area contributed by atoms with E-state index in [4.69, 9.17) is 61.6 Å². The first kappa shape index (κ1) is 124. The van der Waals surface area contributed by atoms with Crippen LogP contribution in [0, 0.1) is 101 Å². The van der Waals surface area contributed by atoms with Crippen LogP contribution in [0.5, 0.6) is 0 Å². The zero-order valence-electron chi connectivity index (χ0n) is 85.8. The summed E-state index contributed by atoms with van der Waals surface area (Å²) in [4.78, 5) is 56.2. The molecule has 0 aromatic rings. The van der Waals surface area contributed by atoms with Crippen LogP contribution in [0.4, 0.5) is 0 Å². The van der Waals surface area contributed by atoms with Gasteiger partial charge in [-0.15, -0.1) is 23.2 Å². The number of aliphatic hydroxyl groups is 4. The van der Waals surface area contributed by atoms with Gasteiger partial charge in [0.1, 0.15) is 16.8 Å². The number of halogens is 8. The summed E-state index contributed by atoms with van der Waals surface area (Å²) in [6.07, 6.45) is 25.9. The third kappa shape index (κ3) is 31.6. The number of hydrogen-bond donors (Lipinski definition) is 4. The van der Waals surface area contributed by atoms with Gasteiger partial charge in [-0.25, -0.2) is 0 Å². The van der Waals surface area contributed by atoms with Gasteiger partial charge in [-0.05, 0) is 220 Å². The van der Waals surface area contributed by atoms with Crippen LogP contribution in [-0.4, -0.2) is 153 Å². The molecule has 131 heavy (non-hydrogen) atoms. The SMILES string of the molecule is C.C=C1C[C@H]2C(C)(C)C=CC[C@]2(C)O1.C=C1C[C@H]2C(C)(C)[C@@H](Cl)CC[C@]2(C)O1.CC(=O)OC[C@@H]1C(C)(C)[C@@H](Br)CC[C@]1(C)O.CC(=O)OC[C@@H]1C(C)(C)[C@@H](Cl)CC[C@]1(C)O.CC(=O)OC[C@@H]1C(C)(C)[C@@H](I)CC[C@]1(C)O.CC(=O)OC[C@H]1C(C)(C)[C@@H](Br)CC[C@]1(C)O.CC1(C)[C@@H](I)CC[C@]2(C)OC(=O)C[C@@H]12.CC1=C(CC#N)C(C)(C)[C@@H](I)CC1.CCC1=C(C)CC[C@H](Br)C1(C)C. The minimum Gasteiger partial charge on any atom is -0.492 e. The van der Waals surface area contributed by atoms with Crippen molar-refractivity contribution in [1.29, 1.82) is 5.26 Å². The van der Waals surface area contributed by atoms with Gasteiger partial charge in [0.25, 0.3) is 0 Å². The summed E-state index contributed by atoms with van der Waals surface area (Å²) >= 11 is 31.3. The van der Waals surface area contributed by atoms with Gasteiger partial charge in [-0.1, -0.05) is 302 Å². The number of carbonyl (C=O) groups is 5. The maximum atomic E-state index is 11.4. The molecule has 12 rings (SSSR count). The molecule has 0 amide bonds. The van der Waals surface area contributed by atoms with Gasteiger partial charge in [-0.3, -0.25) is 24.0 Å². The molecule has 758 valence electrons. The molecule has 0 bridgehead atoms. The van der Waals surface area contributed by atoms with Gasteiger partial charge < -0.3 is 53.6 Å². The molecule has 4 N–H and O–H groups in total. The van der Waals surface area contributed by atoms with E-state index in [1.807, 2.05) is 34.6 Å². The second kappa shape index (κ2) is 48.5. The number of nitriles is 1. The second-order valence-corrected chi connectivity index (χ2v) is 55.7. The fourth-order valence-corrected chi connectivity index (χ4v) is 28.1. The standard InChI is InChI=1S/2C12H21BrO3.C12H21ClO3.C12H19ClO.C12H21IO3.C12H18O.C11H19Br.C11H16IN.C11H17IO2.CH4/c3*1-8(14)16-7-9-11(2,3)10(13)5-6-12(9,4)15;1-8-7-9-11(2,3)10(13)5-6-12(9,4)14-8;1-8(14)16-7-9-11(2,3)10(13)5-6-12(9,4)15;1-9-8-10-11(2,3)6-5-7-12(10,4)13-9;1-5-9-8(2)6-7-10(12)11(9,3)4;1-8-4-5-10(12)11(2,3)9(8)6-7-13;1-10(2)7-6-9(13)14-11(7,3)5-4-8(10)12;/h3*9-10,15H,5-7H2,1-4H3;9-10H,1,5-7H2,2-4H3;9-10,15H,5-7H2,1-4H3;5-6,10H,1,7-8H2,2-4H3;10H,5-7H2,1-4H3;10H,4-6H2,1-3H3;7-8H,4-6H2,1-3H3;1H4/t9-,10+,12+;9-,10-,12-;9-,10+,12+;9-,10-,12-;9-,10+,12+;10-,12-;2*10-;7-,8-,11-;/m101010000./s1. The Kier molecular flexibility index (Phi) is 46.0. The van der Waals surface area contributed by atoms with Crippen LogP contribution in [0.25, 0.3) is 0 Å². The van der Waals surface area contributed by atoms with E-state index >= 15 is 0 Å². The smallest absolute Gasteiger partial charge is 0.306 e. The second-order valence-electron chi connectivity index (χ2n) is 46.9. The molecule has 0 aromatic carbocycles. The van der Waals surface area contributed by atoms with E-state index in [-0.39, 0.29) is 152 Å². The van der Waals surface area contributed by atoms with E-state index in [1.54, 1.807) is 18.1 Å². The molecule has 3 saturated heterocycles. The molecular formula is C106H177Br3Cl2I3NO16. The van der Waals surface area contributed by atoms with Gasteiger partial charge in [-0.2, -0.15) is 5.26 Å². The van der Waals surface area contributed by atoms with E-state index in [0.29, 0.717) is 75.3 Å². The molecular weight excluding hydrogens is 2230 g/mol. The molecule has 0 radical (unpaired) electrons. The molecule has 0 unspecified atom stereocenters. The van der Waals surface area contributed by atoms with Crippen LogP contribution in [0.3, 0.4) is 0 Å². The van der Waals surface area contributed by atoms with Crippen molar-refractivity contribution >= 4 is 169 Å². The number of fused-ring (bicyclic) bond motifs is 3. The van der Waals surface area contributed by atoms with Crippen molar-refractivity contribution in [3.8, 4) is 6.07 Å². The van der Waals surface area contributed by atoms with Crippen LogP contribution in [-0.2, 0) is 57.1 Å². The summed E-state index contributed by atoms with van der Waals surface area (Å²) in [6.45, 7) is 74.8. The molecule has 17 nitrogen and oxygen atoms in total. The van der Waals surface area contributed by atoms with Gasteiger partial charge in [0, 0.05) is 125 Å². The van der Waals surface area contributed by atoms with Crippen LogP contribution in [0.1, 0.15) is 370 Å². The van der Waals surface area contributed by atoms with Crippen LogP contribution in [0.15, 0.2) is 59.1 Å². The predicted molar refractivity (Wildman–Crippen MR) is 574 cm³/mol. The summed E-state index contributed by atoms with van der Waals surface area (Å²) in [5.41, 5.74) is 3.66. The van der Waals surface area contributed by atoms with Crippen molar-refractivity contribution in [3.05, 3.63) is 59.1 Å². The Hall–Kier alpha value is -0.810. The quantitative estimate of drug-likeness (QED) is 0.0521. The van der Waals surface area contributed by atoms with Gasteiger partial charge in [0.05, 0.1) is 79.3 Å². The Morgan fingerprint density at radius 3 is 1.21 bits per heavy atom. The molecule has 22 atom stereocenters. The van der Waals surface area contributed by atoms with Crippen molar-refractivity contribution in [2.45, 2.75) is 446 Å². The monoisotopic (exact) mass is 2410 g/mol. The Bertz CT molecular complexity index is 3710. The van der Waals surface area contributed by atoms with Crippen molar-refractivity contribution in [1.82, 2.24) is 0 Å². The fourth-order valence-electron chi connectivity index (χ4n) is 23.8. The summed E-state index contributed by atoms with van der Waals surface area (Å²) in [6, 6.07) is 2.28. The highest BCUT2D eigenvalue weighted by atomic mass is 127. The Labute approximate surface area is 871 Å².